The predicted molar refractivity (Wildman–Crippen MR) is 79.8 cm³/mol. The number of nitrogens with zero attached hydrogens (tertiary/aromatic N) is 2. The maximum absolute atomic E-state index is 4.85. The number of hydrogen-bond donors (Lipinski definition) is 0. The lowest BCUT2D eigenvalue weighted by Crippen LogP contribution is -2.13. The van der Waals surface area contributed by atoms with Crippen LogP contribution in [0.2, 0.25) is 0 Å². The van der Waals surface area contributed by atoms with Crippen molar-refractivity contribution in [3.05, 3.63) is 60.3 Å². The molecule has 0 spiro atoms. The van der Waals surface area contributed by atoms with Crippen LogP contribution < -0.4 is 0 Å². The molecule has 19 heavy (non-hydrogen) atoms. The summed E-state index contributed by atoms with van der Waals surface area (Å²) in [4.78, 5) is 0. The van der Waals surface area contributed by atoms with Gasteiger partial charge in [-0.25, -0.2) is 4.68 Å². The molecule has 0 aliphatic rings. The van der Waals surface area contributed by atoms with Gasteiger partial charge in [-0.1, -0.05) is 57.2 Å². The van der Waals surface area contributed by atoms with E-state index in [0.717, 1.165) is 11.4 Å². The minimum Gasteiger partial charge on any atom is -0.233 e. The van der Waals surface area contributed by atoms with E-state index in [1.165, 1.54) is 10.9 Å². The summed E-state index contributed by atoms with van der Waals surface area (Å²) in [5.74, 6) is 0. The first kappa shape index (κ1) is 12.0. The highest BCUT2D eigenvalue weighted by Crippen LogP contribution is 2.30. The summed E-state index contributed by atoms with van der Waals surface area (Å²) in [6.07, 6.45) is 0. The monoisotopic (exact) mass is 250 g/mol. The van der Waals surface area contributed by atoms with E-state index in [1.54, 1.807) is 0 Å². The number of fused-ring (bicyclic) bond motifs is 1. The molecule has 0 fully saturated rings. The van der Waals surface area contributed by atoms with Gasteiger partial charge in [0.05, 0.1) is 16.9 Å². The average molecular weight is 250 g/mol. The Morgan fingerprint density at radius 1 is 0.842 bits per heavy atom. The van der Waals surface area contributed by atoms with Gasteiger partial charge in [0, 0.05) is 10.8 Å². The summed E-state index contributed by atoms with van der Waals surface area (Å²) in [5, 5.41) is 6.08. The van der Waals surface area contributed by atoms with Crippen molar-refractivity contribution in [2.75, 3.05) is 0 Å². The zero-order valence-corrected chi connectivity index (χ0v) is 11.6. The van der Waals surface area contributed by atoms with Gasteiger partial charge < -0.3 is 0 Å². The highest BCUT2D eigenvalue weighted by Gasteiger charge is 2.22. The fourth-order valence-electron chi connectivity index (χ4n) is 2.39. The van der Waals surface area contributed by atoms with Gasteiger partial charge in [0.15, 0.2) is 0 Å². The van der Waals surface area contributed by atoms with Gasteiger partial charge >= 0.3 is 0 Å². The number of benzene rings is 2. The topological polar surface area (TPSA) is 17.8 Å². The molecule has 0 radical (unpaired) electrons. The molecule has 1 heterocycles. The normalized spacial score (nSPS) is 11.9. The van der Waals surface area contributed by atoms with Gasteiger partial charge in [0.1, 0.15) is 0 Å². The van der Waals surface area contributed by atoms with E-state index < -0.39 is 0 Å². The fourth-order valence-corrected chi connectivity index (χ4v) is 2.39. The standard InChI is InChI=1S/C17H18N2/c1-17(2,3)16-14-11-7-8-12-15(14)19(18-16)13-9-5-4-6-10-13/h4-12H,1-3H3. The van der Waals surface area contributed by atoms with Gasteiger partial charge in [0.25, 0.3) is 0 Å². The smallest absolute Gasteiger partial charge is 0.0761 e. The molecular weight excluding hydrogens is 232 g/mol. The van der Waals surface area contributed by atoms with Crippen LogP contribution in [-0.2, 0) is 5.41 Å². The van der Waals surface area contributed by atoms with E-state index in [9.17, 15) is 0 Å². The number of aromatic nitrogens is 2. The predicted octanol–water partition coefficient (Wildman–Crippen LogP) is 4.32. The Balaban J connectivity index is 2.33. The molecule has 0 aliphatic carbocycles. The van der Waals surface area contributed by atoms with Crippen LogP contribution >= 0.6 is 0 Å². The van der Waals surface area contributed by atoms with Crippen molar-refractivity contribution in [1.29, 1.82) is 0 Å². The molecule has 2 aromatic carbocycles. The molecule has 2 heteroatoms. The highest BCUT2D eigenvalue weighted by atomic mass is 15.3. The molecule has 0 bridgehead atoms. The van der Waals surface area contributed by atoms with E-state index in [0.29, 0.717) is 0 Å². The lowest BCUT2D eigenvalue weighted by Gasteiger charge is -2.15. The molecule has 0 amide bonds. The molecule has 3 rings (SSSR count). The van der Waals surface area contributed by atoms with Gasteiger partial charge in [0.2, 0.25) is 0 Å². The molecule has 0 unspecified atom stereocenters. The quantitative estimate of drug-likeness (QED) is 0.629. The fraction of sp³-hybridized carbons (Fsp3) is 0.235. The molecule has 1 aromatic heterocycles. The zero-order chi connectivity index (χ0) is 13.5. The zero-order valence-electron chi connectivity index (χ0n) is 11.6. The van der Waals surface area contributed by atoms with Crippen LogP contribution in [0.5, 0.6) is 0 Å². The third kappa shape index (κ3) is 2.03. The Morgan fingerprint density at radius 2 is 1.47 bits per heavy atom. The van der Waals surface area contributed by atoms with Crippen molar-refractivity contribution < 1.29 is 0 Å². The Labute approximate surface area is 113 Å². The Morgan fingerprint density at radius 3 is 2.16 bits per heavy atom. The summed E-state index contributed by atoms with van der Waals surface area (Å²) in [6.45, 7) is 6.62. The summed E-state index contributed by atoms with van der Waals surface area (Å²) in [6, 6.07) is 18.7. The van der Waals surface area contributed by atoms with Gasteiger partial charge in [-0.15, -0.1) is 0 Å². The first-order valence-corrected chi connectivity index (χ1v) is 6.61. The minimum absolute atomic E-state index is 0.0413. The number of rotatable bonds is 1. The van der Waals surface area contributed by atoms with Crippen LogP contribution in [0.1, 0.15) is 26.5 Å². The largest absolute Gasteiger partial charge is 0.233 e. The first-order valence-electron chi connectivity index (χ1n) is 6.61. The van der Waals surface area contributed by atoms with Crippen LogP contribution in [0.4, 0.5) is 0 Å². The van der Waals surface area contributed by atoms with E-state index >= 15 is 0 Å². The Hall–Kier alpha value is -2.09. The number of para-hydroxylation sites is 2. The molecule has 0 aliphatic heterocycles. The summed E-state index contributed by atoms with van der Waals surface area (Å²) in [5.41, 5.74) is 3.46. The van der Waals surface area contributed by atoms with Crippen LogP contribution in [0, 0.1) is 0 Å². The maximum Gasteiger partial charge on any atom is 0.0761 e. The second-order valence-corrected chi connectivity index (χ2v) is 5.86. The highest BCUT2D eigenvalue weighted by molar-refractivity contribution is 5.84. The van der Waals surface area contributed by atoms with Crippen molar-refractivity contribution in [1.82, 2.24) is 9.78 Å². The Bertz CT molecular complexity index is 703. The first-order chi connectivity index (χ1) is 9.07. The van der Waals surface area contributed by atoms with Crippen molar-refractivity contribution in [3.8, 4) is 5.69 Å². The number of hydrogen-bond acceptors (Lipinski definition) is 1. The van der Waals surface area contributed by atoms with Crippen molar-refractivity contribution in [3.63, 3.8) is 0 Å². The van der Waals surface area contributed by atoms with Crippen LogP contribution in [-0.4, -0.2) is 9.78 Å². The minimum atomic E-state index is 0.0413. The second-order valence-electron chi connectivity index (χ2n) is 5.86. The van der Waals surface area contributed by atoms with Crippen molar-refractivity contribution >= 4 is 10.9 Å². The maximum atomic E-state index is 4.85. The molecule has 2 nitrogen and oxygen atoms in total. The van der Waals surface area contributed by atoms with Gasteiger partial charge in [-0.05, 0) is 18.2 Å². The summed E-state index contributed by atoms with van der Waals surface area (Å²) in [7, 11) is 0. The molecule has 0 saturated heterocycles. The van der Waals surface area contributed by atoms with Crippen molar-refractivity contribution in [2.24, 2.45) is 0 Å². The summed E-state index contributed by atoms with van der Waals surface area (Å²) < 4.78 is 2.04. The van der Waals surface area contributed by atoms with E-state index in [-0.39, 0.29) is 5.41 Å². The van der Waals surface area contributed by atoms with Gasteiger partial charge in [-0.3, -0.25) is 0 Å². The van der Waals surface area contributed by atoms with E-state index in [4.69, 9.17) is 5.10 Å². The third-order valence-electron chi connectivity index (χ3n) is 3.30. The molecule has 3 aromatic rings. The molecule has 96 valence electrons. The lowest BCUT2D eigenvalue weighted by atomic mass is 9.90. The summed E-state index contributed by atoms with van der Waals surface area (Å²) >= 11 is 0. The second kappa shape index (κ2) is 4.23. The molecule has 0 N–H and O–H groups in total. The lowest BCUT2D eigenvalue weighted by molar-refractivity contribution is 0.565. The van der Waals surface area contributed by atoms with Crippen LogP contribution in [0.3, 0.4) is 0 Å². The van der Waals surface area contributed by atoms with Crippen LogP contribution in [0.25, 0.3) is 16.6 Å². The SMILES string of the molecule is CC(C)(C)c1nn(-c2ccccc2)c2ccccc12. The Kier molecular flexibility index (Phi) is 2.67. The van der Waals surface area contributed by atoms with E-state index in [2.05, 4.69) is 57.2 Å². The van der Waals surface area contributed by atoms with Gasteiger partial charge in [-0.2, -0.15) is 5.10 Å². The van der Waals surface area contributed by atoms with E-state index in [1.807, 2.05) is 22.9 Å². The van der Waals surface area contributed by atoms with Crippen molar-refractivity contribution in [2.45, 2.75) is 26.2 Å². The molecule has 0 saturated carbocycles. The molecular formula is C17H18N2. The van der Waals surface area contributed by atoms with Crippen LogP contribution in [0.15, 0.2) is 54.6 Å². The third-order valence-corrected chi connectivity index (χ3v) is 3.30. The molecule has 0 atom stereocenters. The average Bonchev–Trinajstić information content (AvgIpc) is 2.79.